The first-order chi connectivity index (χ1) is 12.5. The Labute approximate surface area is 151 Å². The normalized spacial score (nSPS) is 10.6. The highest BCUT2D eigenvalue weighted by atomic mass is 16.5. The molecule has 0 aliphatic carbocycles. The predicted molar refractivity (Wildman–Crippen MR) is 99.8 cm³/mol. The van der Waals surface area contributed by atoms with Crippen LogP contribution in [-0.4, -0.2) is 21.0 Å². The van der Waals surface area contributed by atoms with Crippen LogP contribution in [0.5, 0.6) is 0 Å². The third-order valence-electron chi connectivity index (χ3n) is 3.93. The molecule has 7 heteroatoms. The summed E-state index contributed by atoms with van der Waals surface area (Å²) in [4.78, 5) is 21.2. The van der Waals surface area contributed by atoms with E-state index in [1.807, 2.05) is 26.0 Å². The molecule has 134 valence electrons. The van der Waals surface area contributed by atoms with Crippen LogP contribution in [0.4, 0.5) is 17.5 Å². The Morgan fingerprint density at radius 2 is 1.96 bits per heavy atom. The van der Waals surface area contributed by atoms with Gasteiger partial charge in [-0.3, -0.25) is 4.79 Å². The first kappa shape index (κ1) is 17.6. The highest BCUT2D eigenvalue weighted by Gasteiger charge is 2.14. The maximum atomic E-state index is 12.5. The molecule has 0 radical (unpaired) electrons. The van der Waals surface area contributed by atoms with E-state index in [2.05, 4.69) is 38.7 Å². The van der Waals surface area contributed by atoms with E-state index in [0.717, 1.165) is 17.7 Å². The van der Waals surface area contributed by atoms with Crippen LogP contribution in [0.25, 0.3) is 0 Å². The highest BCUT2D eigenvalue weighted by molar-refractivity contribution is 6.02. The lowest BCUT2D eigenvalue weighted by Gasteiger charge is -2.13. The van der Waals surface area contributed by atoms with E-state index in [1.54, 1.807) is 19.1 Å². The van der Waals surface area contributed by atoms with Gasteiger partial charge in [-0.2, -0.15) is 0 Å². The molecule has 0 saturated heterocycles. The van der Waals surface area contributed by atoms with Gasteiger partial charge in [-0.25, -0.2) is 9.97 Å². The van der Waals surface area contributed by atoms with Crippen LogP contribution in [-0.2, 0) is 6.42 Å². The summed E-state index contributed by atoms with van der Waals surface area (Å²) in [6.07, 6.45) is 0.884. The summed E-state index contributed by atoms with van der Waals surface area (Å²) in [5.41, 5.74) is 4.18. The quantitative estimate of drug-likeness (QED) is 0.723. The van der Waals surface area contributed by atoms with Crippen molar-refractivity contribution in [2.75, 3.05) is 10.6 Å². The van der Waals surface area contributed by atoms with Crippen molar-refractivity contribution < 1.29 is 9.32 Å². The molecule has 0 aliphatic rings. The van der Waals surface area contributed by atoms with Crippen molar-refractivity contribution in [2.24, 2.45) is 0 Å². The number of rotatable bonds is 5. The standard InChI is InChI=1S/C19H21N5O2/c1-5-14-8-6-7-11(2)17(14)23-19-20-12(3)9-15(21-19)18(25)22-16-10-13(4)26-24-16/h6-10H,5H2,1-4H3,(H,20,21,23)(H,22,24,25). The minimum absolute atomic E-state index is 0.257. The molecule has 0 spiro atoms. The maximum absolute atomic E-state index is 12.5. The van der Waals surface area contributed by atoms with Crippen LogP contribution in [0.15, 0.2) is 34.9 Å². The van der Waals surface area contributed by atoms with Gasteiger partial charge >= 0.3 is 0 Å². The number of carbonyl (C=O) groups is 1. The number of hydrogen-bond donors (Lipinski definition) is 2. The minimum atomic E-state index is -0.368. The molecular weight excluding hydrogens is 330 g/mol. The van der Waals surface area contributed by atoms with E-state index >= 15 is 0 Å². The molecule has 26 heavy (non-hydrogen) atoms. The third-order valence-corrected chi connectivity index (χ3v) is 3.93. The van der Waals surface area contributed by atoms with Gasteiger partial charge in [0.2, 0.25) is 5.95 Å². The molecule has 3 rings (SSSR count). The van der Waals surface area contributed by atoms with E-state index in [1.165, 1.54) is 5.56 Å². The van der Waals surface area contributed by atoms with E-state index < -0.39 is 0 Å². The molecular formula is C19H21N5O2. The molecule has 7 nitrogen and oxygen atoms in total. The second-order valence-electron chi connectivity index (χ2n) is 6.08. The van der Waals surface area contributed by atoms with Crippen LogP contribution in [0, 0.1) is 20.8 Å². The lowest BCUT2D eigenvalue weighted by Crippen LogP contribution is -2.16. The summed E-state index contributed by atoms with van der Waals surface area (Å²) in [5.74, 6) is 0.987. The van der Waals surface area contributed by atoms with Gasteiger partial charge in [0.25, 0.3) is 5.91 Å². The summed E-state index contributed by atoms with van der Waals surface area (Å²) in [6.45, 7) is 7.70. The lowest BCUT2D eigenvalue weighted by molar-refractivity contribution is 0.102. The van der Waals surface area contributed by atoms with Crippen LogP contribution in [0.1, 0.15) is 40.0 Å². The van der Waals surface area contributed by atoms with Crippen LogP contribution in [0.3, 0.4) is 0 Å². The van der Waals surface area contributed by atoms with Gasteiger partial charge in [0.15, 0.2) is 5.82 Å². The van der Waals surface area contributed by atoms with Gasteiger partial charge in [0.05, 0.1) is 0 Å². The van der Waals surface area contributed by atoms with Crippen LogP contribution in [0.2, 0.25) is 0 Å². The zero-order valence-corrected chi connectivity index (χ0v) is 15.3. The number of nitrogens with one attached hydrogen (secondary N) is 2. The molecule has 2 aromatic heterocycles. The zero-order chi connectivity index (χ0) is 18.7. The molecule has 2 heterocycles. The molecule has 0 atom stereocenters. The molecule has 0 bridgehead atoms. The number of aromatic nitrogens is 3. The van der Waals surface area contributed by atoms with Gasteiger partial charge in [-0.1, -0.05) is 30.3 Å². The van der Waals surface area contributed by atoms with Crippen LogP contribution < -0.4 is 10.6 Å². The van der Waals surface area contributed by atoms with Gasteiger partial charge in [0.1, 0.15) is 11.5 Å². The van der Waals surface area contributed by atoms with Crippen molar-refractivity contribution in [1.29, 1.82) is 0 Å². The SMILES string of the molecule is CCc1cccc(C)c1Nc1nc(C)cc(C(=O)Nc2cc(C)on2)n1. The molecule has 0 saturated carbocycles. The maximum Gasteiger partial charge on any atom is 0.275 e. The van der Waals surface area contributed by atoms with E-state index in [9.17, 15) is 4.79 Å². The van der Waals surface area contributed by atoms with Gasteiger partial charge < -0.3 is 15.2 Å². The van der Waals surface area contributed by atoms with Crippen molar-refractivity contribution in [1.82, 2.24) is 15.1 Å². The summed E-state index contributed by atoms with van der Waals surface area (Å²) in [6, 6.07) is 9.39. The van der Waals surface area contributed by atoms with Crippen molar-refractivity contribution >= 4 is 23.4 Å². The second-order valence-corrected chi connectivity index (χ2v) is 6.08. The van der Waals surface area contributed by atoms with E-state index in [4.69, 9.17) is 4.52 Å². The highest BCUT2D eigenvalue weighted by Crippen LogP contribution is 2.24. The number of nitrogens with zero attached hydrogens (tertiary/aromatic N) is 3. The number of aryl methyl sites for hydroxylation is 4. The number of hydrogen-bond acceptors (Lipinski definition) is 6. The lowest BCUT2D eigenvalue weighted by atomic mass is 10.1. The first-order valence-corrected chi connectivity index (χ1v) is 8.42. The number of para-hydroxylation sites is 1. The van der Waals surface area contributed by atoms with Crippen molar-refractivity contribution in [3.63, 3.8) is 0 Å². The second kappa shape index (κ2) is 7.35. The van der Waals surface area contributed by atoms with Gasteiger partial charge in [-0.05, 0) is 44.4 Å². The smallest absolute Gasteiger partial charge is 0.275 e. The first-order valence-electron chi connectivity index (χ1n) is 8.42. The molecule has 1 aromatic carbocycles. The molecule has 0 aliphatic heterocycles. The monoisotopic (exact) mass is 351 g/mol. The van der Waals surface area contributed by atoms with E-state index in [-0.39, 0.29) is 11.6 Å². The summed E-state index contributed by atoms with van der Waals surface area (Å²) in [7, 11) is 0. The molecule has 1 amide bonds. The van der Waals surface area contributed by atoms with Gasteiger partial charge in [0, 0.05) is 17.4 Å². The largest absolute Gasteiger partial charge is 0.360 e. The predicted octanol–water partition coefficient (Wildman–Crippen LogP) is 3.95. The number of carbonyl (C=O) groups excluding carboxylic acids is 1. The van der Waals surface area contributed by atoms with Crippen molar-refractivity contribution in [3.8, 4) is 0 Å². The minimum Gasteiger partial charge on any atom is -0.360 e. The Kier molecular flexibility index (Phi) is 4.97. The fraction of sp³-hybridized carbons (Fsp3) is 0.263. The summed E-state index contributed by atoms with van der Waals surface area (Å²) < 4.78 is 4.96. The Hall–Kier alpha value is -3.22. The average Bonchev–Trinajstić information content (AvgIpc) is 3.01. The van der Waals surface area contributed by atoms with Crippen LogP contribution >= 0.6 is 0 Å². The Morgan fingerprint density at radius 3 is 2.65 bits per heavy atom. The zero-order valence-electron chi connectivity index (χ0n) is 15.3. The molecule has 0 unspecified atom stereocenters. The third kappa shape index (κ3) is 3.88. The molecule has 2 N–H and O–H groups in total. The average molecular weight is 351 g/mol. The Bertz CT molecular complexity index is 949. The molecule has 3 aromatic rings. The fourth-order valence-corrected chi connectivity index (χ4v) is 2.66. The summed E-state index contributed by atoms with van der Waals surface area (Å²) >= 11 is 0. The Morgan fingerprint density at radius 1 is 1.15 bits per heavy atom. The van der Waals surface area contributed by atoms with Gasteiger partial charge in [-0.15, -0.1) is 0 Å². The molecule has 0 fully saturated rings. The topological polar surface area (TPSA) is 92.9 Å². The van der Waals surface area contributed by atoms with Crippen molar-refractivity contribution in [3.05, 3.63) is 58.6 Å². The fourth-order valence-electron chi connectivity index (χ4n) is 2.66. The Balaban J connectivity index is 1.87. The summed E-state index contributed by atoms with van der Waals surface area (Å²) in [5, 5.41) is 9.69. The number of anilines is 3. The van der Waals surface area contributed by atoms with Crippen molar-refractivity contribution in [2.45, 2.75) is 34.1 Å². The number of amides is 1. The number of benzene rings is 1. The van der Waals surface area contributed by atoms with E-state index in [0.29, 0.717) is 23.2 Å².